The van der Waals surface area contributed by atoms with E-state index in [-0.39, 0.29) is 9.46 Å². The lowest BCUT2D eigenvalue weighted by atomic mass is 9.80. The molecule has 5 heteroatoms. The summed E-state index contributed by atoms with van der Waals surface area (Å²) in [6.45, 7) is 1.82. The lowest BCUT2D eigenvalue weighted by molar-refractivity contribution is 0.282. The molecular formula is C15H22BNO3. The number of hydrogen-bond donors (Lipinski definition) is 4. The van der Waals surface area contributed by atoms with Crippen molar-refractivity contribution < 1.29 is 18.0 Å². The molecule has 0 fully saturated rings. The SMILES string of the molecule is CC(=N)c1ccc(B(O)O)cc1.OCc1ccccc1.[HH].[HH]. The van der Waals surface area contributed by atoms with Crippen molar-refractivity contribution in [3.05, 3.63) is 65.7 Å². The van der Waals surface area contributed by atoms with Gasteiger partial charge >= 0.3 is 7.12 Å². The van der Waals surface area contributed by atoms with E-state index in [4.69, 9.17) is 20.6 Å². The Kier molecular flexibility index (Phi) is 6.66. The van der Waals surface area contributed by atoms with Crippen molar-refractivity contribution in [3.63, 3.8) is 0 Å². The Morgan fingerprint density at radius 1 is 1.05 bits per heavy atom. The van der Waals surface area contributed by atoms with Gasteiger partial charge in [0.1, 0.15) is 0 Å². The topological polar surface area (TPSA) is 84.5 Å². The van der Waals surface area contributed by atoms with Gasteiger partial charge in [-0.3, -0.25) is 0 Å². The van der Waals surface area contributed by atoms with Crippen LogP contribution in [0.2, 0.25) is 0 Å². The molecule has 0 unspecified atom stereocenters. The largest absolute Gasteiger partial charge is 0.488 e. The van der Waals surface area contributed by atoms with Crippen molar-refractivity contribution >= 4 is 18.3 Å². The molecule has 108 valence electrons. The summed E-state index contributed by atoms with van der Waals surface area (Å²) in [5, 5.41) is 33.3. The Morgan fingerprint density at radius 3 is 1.95 bits per heavy atom. The maximum absolute atomic E-state index is 8.76. The van der Waals surface area contributed by atoms with Crippen LogP contribution in [0.5, 0.6) is 0 Å². The van der Waals surface area contributed by atoms with Gasteiger partial charge in [0, 0.05) is 8.56 Å². The molecule has 2 aromatic carbocycles. The van der Waals surface area contributed by atoms with E-state index in [2.05, 4.69) is 0 Å². The summed E-state index contributed by atoms with van der Waals surface area (Å²) in [5.41, 5.74) is 2.67. The van der Waals surface area contributed by atoms with E-state index in [1.165, 1.54) is 0 Å². The van der Waals surface area contributed by atoms with Gasteiger partial charge in [-0.1, -0.05) is 54.6 Å². The molecule has 20 heavy (non-hydrogen) atoms. The summed E-state index contributed by atoms with van der Waals surface area (Å²) in [4.78, 5) is 0. The number of hydrogen-bond acceptors (Lipinski definition) is 4. The summed E-state index contributed by atoms with van der Waals surface area (Å²) in [6, 6.07) is 16.1. The first kappa shape index (κ1) is 16.1. The van der Waals surface area contributed by atoms with Gasteiger partial charge in [0.25, 0.3) is 0 Å². The second-order valence-corrected chi connectivity index (χ2v) is 4.26. The van der Waals surface area contributed by atoms with Gasteiger partial charge in [-0.25, -0.2) is 0 Å². The molecule has 4 N–H and O–H groups in total. The Labute approximate surface area is 122 Å². The van der Waals surface area contributed by atoms with Crippen molar-refractivity contribution in [2.45, 2.75) is 13.5 Å². The molecule has 2 rings (SSSR count). The predicted octanol–water partition coefficient (Wildman–Crippen LogP) is 1.43. The monoisotopic (exact) mass is 275 g/mol. The van der Waals surface area contributed by atoms with Crippen LogP contribution in [0.25, 0.3) is 0 Å². The minimum atomic E-state index is -1.43. The van der Waals surface area contributed by atoms with Crippen LogP contribution in [0.3, 0.4) is 0 Å². The van der Waals surface area contributed by atoms with Gasteiger partial charge in [-0.15, -0.1) is 0 Å². The third kappa shape index (κ3) is 5.36. The fourth-order valence-electron chi connectivity index (χ4n) is 1.49. The highest BCUT2D eigenvalue weighted by atomic mass is 16.4. The predicted molar refractivity (Wildman–Crippen MR) is 85.4 cm³/mol. The van der Waals surface area contributed by atoms with Crippen molar-refractivity contribution in [2.24, 2.45) is 0 Å². The van der Waals surface area contributed by atoms with Gasteiger partial charge in [-0.2, -0.15) is 0 Å². The van der Waals surface area contributed by atoms with Gasteiger partial charge in [0.05, 0.1) is 6.61 Å². The molecule has 0 aliphatic heterocycles. The molecule has 2 aromatic rings. The molecule has 4 nitrogen and oxygen atoms in total. The second-order valence-electron chi connectivity index (χ2n) is 4.26. The van der Waals surface area contributed by atoms with Gasteiger partial charge in [-0.05, 0) is 23.5 Å². The van der Waals surface area contributed by atoms with E-state index < -0.39 is 7.12 Å². The van der Waals surface area contributed by atoms with E-state index in [0.717, 1.165) is 11.1 Å². The number of benzene rings is 2. The van der Waals surface area contributed by atoms with E-state index in [0.29, 0.717) is 11.2 Å². The van der Waals surface area contributed by atoms with Gasteiger partial charge < -0.3 is 20.6 Å². The van der Waals surface area contributed by atoms with E-state index >= 15 is 0 Å². The third-order valence-corrected chi connectivity index (χ3v) is 2.67. The van der Waals surface area contributed by atoms with Crippen molar-refractivity contribution in [3.8, 4) is 0 Å². The van der Waals surface area contributed by atoms with Crippen molar-refractivity contribution in [1.82, 2.24) is 0 Å². The smallest absolute Gasteiger partial charge is 0.423 e. The van der Waals surface area contributed by atoms with E-state index in [1.807, 2.05) is 30.3 Å². The summed E-state index contributed by atoms with van der Waals surface area (Å²) in [7, 11) is -1.43. The highest BCUT2D eigenvalue weighted by molar-refractivity contribution is 6.58. The molecular weight excluding hydrogens is 253 g/mol. The lowest BCUT2D eigenvalue weighted by Gasteiger charge is -2.00. The standard InChI is InChI=1S/C8H10BNO2.C7H8O.2H2/c1-6(10)7-2-4-8(5-3-7)9(11)12;8-6-7-4-2-1-3-5-7;;/h2-5,10-12H,1H3;1-5,8H,6H2;2*1H. The first-order valence-corrected chi connectivity index (χ1v) is 6.21. The van der Waals surface area contributed by atoms with Crippen LogP contribution in [0, 0.1) is 5.41 Å². The zero-order valence-corrected chi connectivity index (χ0v) is 11.3. The minimum absolute atomic E-state index is 0. The lowest BCUT2D eigenvalue weighted by Crippen LogP contribution is -2.29. The zero-order valence-electron chi connectivity index (χ0n) is 11.3. The van der Waals surface area contributed by atoms with Gasteiger partial charge in [0.15, 0.2) is 0 Å². The van der Waals surface area contributed by atoms with Gasteiger partial charge in [0.2, 0.25) is 0 Å². The number of aliphatic hydroxyl groups is 1. The Balaban J connectivity index is 0. The Hall–Kier alpha value is -1.95. The molecule has 0 atom stereocenters. The van der Waals surface area contributed by atoms with Crippen LogP contribution < -0.4 is 5.46 Å². The summed E-state index contributed by atoms with van der Waals surface area (Å²) >= 11 is 0. The fourth-order valence-corrected chi connectivity index (χ4v) is 1.49. The second kappa shape index (κ2) is 8.27. The highest BCUT2D eigenvalue weighted by Crippen LogP contribution is 1.97. The van der Waals surface area contributed by atoms with Crippen LogP contribution in [-0.4, -0.2) is 28.0 Å². The quantitative estimate of drug-likeness (QED) is 0.505. The molecule has 0 aliphatic carbocycles. The Morgan fingerprint density at radius 2 is 1.60 bits per heavy atom. The average molecular weight is 275 g/mol. The van der Waals surface area contributed by atoms with Crippen LogP contribution in [0.15, 0.2) is 54.6 Å². The summed E-state index contributed by atoms with van der Waals surface area (Å²) in [5.74, 6) is 0. The maximum Gasteiger partial charge on any atom is 0.488 e. The molecule has 0 saturated heterocycles. The molecule has 0 aromatic heterocycles. The summed E-state index contributed by atoms with van der Waals surface area (Å²) in [6.07, 6.45) is 0. The highest BCUT2D eigenvalue weighted by Gasteiger charge is 2.09. The van der Waals surface area contributed by atoms with Crippen molar-refractivity contribution in [2.75, 3.05) is 0 Å². The van der Waals surface area contributed by atoms with Crippen molar-refractivity contribution in [1.29, 1.82) is 5.41 Å². The third-order valence-electron chi connectivity index (χ3n) is 2.67. The zero-order chi connectivity index (χ0) is 15.0. The molecule has 0 bridgehead atoms. The first-order valence-electron chi connectivity index (χ1n) is 6.21. The van der Waals surface area contributed by atoms with Crippen LogP contribution in [0.1, 0.15) is 20.9 Å². The van der Waals surface area contributed by atoms with E-state index in [9.17, 15) is 0 Å². The van der Waals surface area contributed by atoms with Crippen LogP contribution >= 0.6 is 0 Å². The Bertz CT molecular complexity index is 536. The molecule has 0 heterocycles. The van der Waals surface area contributed by atoms with E-state index in [1.54, 1.807) is 31.2 Å². The first-order chi connectivity index (χ1) is 9.54. The minimum Gasteiger partial charge on any atom is -0.423 e. The molecule has 0 saturated carbocycles. The number of nitrogens with one attached hydrogen (secondary N) is 1. The molecule has 0 spiro atoms. The summed E-state index contributed by atoms with van der Waals surface area (Å²) < 4.78 is 0. The number of rotatable bonds is 3. The average Bonchev–Trinajstić information content (AvgIpc) is 2.48. The molecule has 0 radical (unpaired) electrons. The molecule has 0 amide bonds. The maximum atomic E-state index is 8.76. The number of aliphatic hydroxyl groups excluding tert-OH is 1. The fraction of sp³-hybridized carbons (Fsp3) is 0.133. The van der Waals surface area contributed by atoms with Crippen LogP contribution in [-0.2, 0) is 6.61 Å². The van der Waals surface area contributed by atoms with Crippen LogP contribution in [0.4, 0.5) is 0 Å². The molecule has 0 aliphatic rings. The normalized spacial score (nSPS) is 9.40.